The number of likely N-dealkylation sites (tertiary alicyclic amines) is 1. The number of hydrogen-bond acceptors (Lipinski definition) is 6. The number of unbranched alkanes of at least 4 members (excludes halogenated alkanes) is 2. The Balaban J connectivity index is 1.65. The summed E-state index contributed by atoms with van der Waals surface area (Å²) in [4.78, 5) is 34.3. The molecular formula is C27H35N3O5. The average molecular weight is 482 g/mol. The highest BCUT2D eigenvalue weighted by molar-refractivity contribution is 5.79. The van der Waals surface area contributed by atoms with Gasteiger partial charge in [-0.2, -0.15) is 0 Å². The van der Waals surface area contributed by atoms with Crippen molar-refractivity contribution in [2.24, 2.45) is 5.92 Å². The largest absolute Gasteiger partial charge is 0.481 e. The number of carboxylic acids is 1. The molecule has 35 heavy (non-hydrogen) atoms. The molecule has 1 aromatic carbocycles. The molecule has 2 aliphatic rings. The minimum atomic E-state index is -0.884. The van der Waals surface area contributed by atoms with Crippen molar-refractivity contribution in [1.29, 1.82) is 0 Å². The maximum Gasteiger partial charge on any atom is 0.309 e. The Morgan fingerprint density at radius 3 is 2.49 bits per heavy atom. The van der Waals surface area contributed by atoms with Crippen LogP contribution in [-0.4, -0.2) is 64.7 Å². The number of ether oxygens (including phenoxy) is 2. The number of pyridine rings is 1. The summed E-state index contributed by atoms with van der Waals surface area (Å²) in [6.07, 6.45) is 7.34. The summed E-state index contributed by atoms with van der Waals surface area (Å²) < 4.78 is 11.0. The summed E-state index contributed by atoms with van der Waals surface area (Å²) in [5.74, 6) is -0.574. The van der Waals surface area contributed by atoms with E-state index in [4.69, 9.17) is 9.47 Å². The summed E-state index contributed by atoms with van der Waals surface area (Å²) in [5.41, 5.74) is 1.68. The third-order valence-electron chi connectivity index (χ3n) is 6.99. The van der Waals surface area contributed by atoms with Crippen LogP contribution in [0.15, 0.2) is 42.7 Å². The van der Waals surface area contributed by atoms with Crippen molar-refractivity contribution >= 4 is 11.9 Å². The number of fused-ring (bicyclic) bond motifs is 1. The first-order valence-electron chi connectivity index (χ1n) is 12.6. The van der Waals surface area contributed by atoms with E-state index < -0.39 is 17.9 Å². The molecule has 3 atom stereocenters. The van der Waals surface area contributed by atoms with Gasteiger partial charge in [-0.3, -0.25) is 19.5 Å². The SMILES string of the molecule is CCCCN(CCCC)C(=O)CN1CC(c2ccc3c(c2)OCO3)C(C(=O)O)C1c1cccnc1. The molecule has 1 fully saturated rings. The van der Waals surface area contributed by atoms with Gasteiger partial charge in [-0.1, -0.05) is 38.8 Å². The molecule has 0 spiro atoms. The van der Waals surface area contributed by atoms with E-state index in [1.165, 1.54) is 0 Å². The molecule has 2 aliphatic heterocycles. The van der Waals surface area contributed by atoms with Gasteiger partial charge in [0.15, 0.2) is 11.5 Å². The molecule has 0 saturated carbocycles. The summed E-state index contributed by atoms with van der Waals surface area (Å²) in [7, 11) is 0. The predicted molar refractivity (Wildman–Crippen MR) is 131 cm³/mol. The number of carbonyl (C=O) groups is 2. The molecule has 0 bridgehead atoms. The van der Waals surface area contributed by atoms with Crippen LogP contribution < -0.4 is 9.47 Å². The van der Waals surface area contributed by atoms with Crippen molar-refractivity contribution < 1.29 is 24.2 Å². The van der Waals surface area contributed by atoms with Crippen molar-refractivity contribution in [2.45, 2.75) is 51.5 Å². The normalized spacial score (nSPS) is 21.3. The highest BCUT2D eigenvalue weighted by Crippen LogP contribution is 2.47. The molecule has 188 valence electrons. The molecule has 2 aromatic rings. The molecule has 1 amide bonds. The van der Waals surface area contributed by atoms with Crippen LogP contribution in [-0.2, 0) is 9.59 Å². The van der Waals surface area contributed by atoms with Crippen LogP contribution in [0.2, 0.25) is 0 Å². The maximum atomic E-state index is 13.4. The quantitative estimate of drug-likeness (QED) is 0.517. The van der Waals surface area contributed by atoms with Crippen LogP contribution in [0.3, 0.4) is 0 Å². The Kier molecular flexibility index (Phi) is 8.23. The standard InChI is InChI=1S/C27H35N3O5/c1-3-5-12-29(13-6-4-2)24(31)17-30-16-21(19-9-10-22-23(14-19)35-18-34-22)25(27(32)33)26(30)20-8-7-11-28-15-20/h7-11,14-15,21,25-26H,3-6,12-13,16-18H2,1-2H3,(H,32,33). The van der Waals surface area contributed by atoms with Gasteiger partial charge >= 0.3 is 5.97 Å². The molecule has 1 N–H and O–H groups in total. The fourth-order valence-electron chi connectivity index (χ4n) is 5.16. The second kappa shape index (κ2) is 11.5. The van der Waals surface area contributed by atoms with E-state index in [9.17, 15) is 14.7 Å². The van der Waals surface area contributed by atoms with Crippen LogP contribution in [0.25, 0.3) is 0 Å². The zero-order chi connectivity index (χ0) is 24.8. The summed E-state index contributed by atoms with van der Waals surface area (Å²) in [5, 5.41) is 10.4. The van der Waals surface area contributed by atoms with Gasteiger partial charge in [0.25, 0.3) is 0 Å². The van der Waals surface area contributed by atoms with Crippen LogP contribution in [0.5, 0.6) is 11.5 Å². The monoisotopic (exact) mass is 481 g/mol. The Labute approximate surface area is 206 Å². The Bertz CT molecular complexity index is 1010. The van der Waals surface area contributed by atoms with Crippen LogP contribution in [0.4, 0.5) is 0 Å². The van der Waals surface area contributed by atoms with Crippen LogP contribution in [0, 0.1) is 5.92 Å². The highest BCUT2D eigenvalue weighted by Gasteiger charge is 2.48. The first-order valence-corrected chi connectivity index (χ1v) is 12.6. The lowest BCUT2D eigenvalue weighted by Gasteiger charge is -2.29. The van der Waals surface area contributed by atoms with Crippen molar-refractivity contribution in [1.82, 2.24) is 14.8 Å². The Morgan fingerprint density at radius 2 is 1.83 bits per heavy atom. The topological polar surface area (TPSA) is 92.2 Å². The van der Waals surface area contributed by atoms with E-state index >= 15 is 0 Å². The summed E-state index contributed by atoms with van der Waals surface area (Å²) >= 11 is 0. The highest BCUT2D eigenvalue weighted by atomic mass is 16.7. The fourth-order valence-corrected chi connectivity index (χ4v) is 5.16. The van der Waals surface area contributed by atoms with Crippen molar-refractivity contribution in [3.8, 4) is 11.5 Å². The minimum Gasteiger partial charge on any atom is -0.481 e. The Morgan fingerprint density at radius 1 is 1.09 bits per heavy atom. The smallest absolute Gasteiger partial charge is 0.309 e. The number of aromatic nitrogens is 1. The molecule has 1 saturated heterocycles. The molecule has 4 rings (SSSR count). The van der Waals surface area contributed by atoms with Gasteiger partial charge in [0.2, 0.25) is 12.7 Å². The molecule has 8 nitrogen and oxygen atoms in total. The lowest BCUT2D eigenvalue weighted by Crippen LogP contribution is -2.42. The molecule has 8 heteroatoms. The van der Waals surface area contributed by atoms with Gasteiger partial charge in [0.1, 0.15) is 0 Å². The molecule has 0 aliphatic carbocycles. The van der Waals surface area contributed by atoms with E-state index in [1.807, 2.05) is 40.1 Å². The molecule has 3 heterocycles. The van der Waals surface area contributed by atoms with E-state index in [-0.39, 0.29) is 25.2 Å². The lowest BCUT2D eigenvalue weighted by molar-refractivity contribution is -0.144. The number of hydrogen-bond donors (Lipinski definition) is 1. The van der Waals surface area contributed by atoms with Crippen molar-refractivity contribution in [3.63, 3.8) is 0 Å². The molecular weight excluding hydrogens is 446 g/mol. The summed E-state index contributed by atoms with van der Waals surface area (Å²) in [6, 6.07) is 8.88. The number of rotatable bonds is 11. The number of carboxylic acid groups (broad SMARTS) is 1. The zero-order valence-electron chi connectivity index (χ0n) is 20.6. The second-order valence-corrected chi connectivity index (χ2v) is 9.33. The van der Waals surface area contributed by atoms with Gasteiger partial charge in [-0.05, 0) is 42.2 Å². The minimum absolute atomic E-state index is 0.0521. The zero-order valence-corrected chi connectivity index (χ0v) is 20.6. The first kappa shape index (κ1) is 25.0. The van der Waals surface area contributed by atoms with Crippen molar-refractivity contribution in [3.05, 3.63) is 53.9 Å². The fraction of sp³-hybridized carbons (Fsp3) is 0.519. The van der Waals surface area contributed by atoms with E-state index in [2.05, 4.69) is 18.8 Å². The third kappa shape index (κ3) is 5.59. The van der Waals surface area contributed by atoms with Crippen LogP contribution >= 0.6 is 0 Å². The van der Waals surface area contributed by atoms with Gasteiger partial charge in [-0.25, -0.2) is 0 Å². The van der Waals surface area contributed by atoms with E-state index in [0.717, 1.165) is 49.9 Å². The van der Waals surface area contributed by atoms with E-state index in [0.29, 0.717) is 18.0 Å². The summed E-state index contributed by atoms with van der Waals surface area (Å²) in [6.45, 7) is 6.50. The van der Waals surface area contributed by atoms with Crippen molar-refractivity contribution in [2.75, 3.05) is 33.0 Å². The van der Waals surface area contributed by atoms with Crippen LogP contribution in [0.1, 0.15) is 62.6 Å². The number of aliphatic carboxylic acids is 1. The predicted octanol–water partition coefficient (Wildman–Crippen LogP) is 4.08. The molecule has 0 radical (unpaired) electrons. The number of nitrogens with zero attached hydrogens (tertiary/aromatic N) is 3. The second-order valence-electron chi connectivity index (χ2n) is 9.33. The van der Waals surface area contributed by atoms with Gasteiger partial charge < -0.3 is 19.5 Å². The number of amides is 1. The lowest BCUT2D eigenvalue weighted by atomic mass is 9.83. The first-order chi connectivity index (χ1) is 17.0. The van der Waals surface area contributed by atoms with Gasteiger partial charge in [0.05, 0.1) is 18.5 Å². The average Bonchev–Trinajstić information content (AvgIpc) is 3.49. The molecule has 3 unspecified atom stereocenters. The van der Waals surface area contributed by atoms with Gasteiger partial charge in [-0.15, -0.1) is 0 Å². The Hall–Kier alpha value is -3.13. The maximum absolute atomic E-state index is 13.4. The molecule has 1 aromatic heterocycles. The number of benzene rings is 1. The third-order valence-corrected chi connectivity index (χ3v) is 6.99. The van der Waals surface area contributed by atoms with Gasteiger partial charge in [0, 0.05) is 37.9 Å². The van der Waals surface area contributed by atoms with E-state index in [1.54, 1.807) is 12.4 Å². The number of carbonyl (C=O) groups excluding carboxylic acids is 1.